The molecule has 1 aromatic rings. The zero-order valence-electron chi connectivity index (χ0n) is 32.3. The van der Waals surface area contributed by atoms with Crippen LogP contribution in [0, 0.1) is 11.3 Å². The van der Waals surface area contributed by atoms with Gasteiger partial charge >= 0.3 is 5.97 Å². The van der Waals surface area contributed by atoms with E-state index in [-0.39, 0.29) is 49.2 Å². The van der Waals surface area contributed by atoms with Gasteiger partial charge in [0.1, 0.15) is 12.1 Å². The fourth-order valence-electron chi connectivity index (χ4n) is 6.04. The number of carboxylic acid groups (broad SMARTS) is 1. The quantitative estimate of drug-likeness (QED) is 0.110. The van der Waals surface area contributed by atoms with Gasteiger partial charge in [0.25, 0.3) is 11.8 Å². The summed E-state index contributed by atoms with van der Waals surface area (Å²) in [5.41, 5.74) is -0.264. The minimum atomic E-state index is -1.39. The Balaban J connectivity index is 2.15. The van der Waals surface area contributed by atoms with Crippen LogP contribution in [0.3, 0.4) is 0 Å². The van der Waals surface area contributed by atoms with Gasteiger partial charge in [0.15, 0.2) is 0 Å². The summed E-state index contributed by atoms with van der Waals surface area (Å²) in [7, 11) is 3.30. The molecule has 6 amide bonds. The van der Waals surface area contributed by atoms with Crippen molar-refractivity contribution in [2.75, 3.05) is 27.2 Å². The van der Waals surface area contributed by atoms with Crippen LogP contribution in [0.15, 0.2) is 52.5 Å². The topological polar surface area (TPSA) is 194 Å². The summed E-state index contributed by atoms with van der Waals surface area (Å²) in [6.07, 6.45) is 3.41. The van der Waals surface area contributed by atoms with Gasteiger partial charge in [0, 0.05) is 54.2 Å². The molecule has 0 bridgehead atoms. The first-order valence-corrected chi connectivity index (χ1v) is 18.3. The van der Waals surface area contributed by atoms with Crippen LogP contribution in [-0.4, -0.2) is 108 Å². The number of carbonyl (C=O) groups is 7. The molecule has 2 rings (SSSR count). The number of nitrogens with one attached hydrogen (secondary N) is 4. The molecule has 0 aromatic heterocycles. The van der Waals surface area contributed by atoms with Gasteiger partial charge in [0.2, 0.25) is 23.6 Å². The number of aliphatic carboxylic acids is 1. The number of imide groups is 1. The lowest BCUT2D eigenvalue weighted by Gasteiger charge is -2.40. The first kappa shape index (κ1) is 44.8. The normalized spacial score (nSPS) is 15.8. The fourth-order valence-corrected chi connectivity index (χ4v) is 6.43. The van der Waals surface area contributed by atoms with Gasteiger partial charge in [-0.1, -0.05) is 82.6 Å². The van der Waals surface area contributed by atoms with Gasteiger partial charge in [0.05, 0.1) is 12.1 Å². The minimum Gasteiger partial charge on any atom is -0.480 e. The van der Waals surface area contributed by atoms with Crippen molar-refractivity contribution in [3.8, 4) is 0 Å². The van der Waals surface area contributed by atoms with Crippen molar-refractivity contribution in [1.82, 2.24) is 31.1 Å². The van der Waals surface area contributed by atoms with Crippen molar-refractivity contribution >= 4 is 57.3 Å². The summed E-state index contributed by atoms with van der Waals surface area (Å²) >= 11 is 3.50. The lowest BCUT2D eigenvalue weighted by molar-refractivity contribution is -0.142. The Hall–Kier alpha value is -4.37. The van der Waals surface area contributed by atoms with E-state index in [2.05, 4.69) is 37.2 Å². The van der Waals surface area contributed by atoms with E-state index >= 15 is 0 Å². The van der Waals surface area contributed by atoms with Crippen molar-refractivity contribution in [3.63, 3.8) is 0 Å². The second-order valence-corrected chi connectivity index (χ2v) is 16.1. The molecule has 53 heavy (non-hydrogen) atoms. The van der Waals surface area contributed by atoms with E-state index in [1.807, 2.05) is 72.7 Å². The van der Waals surface area contributed by atoms with E-state index in [9.17, 15) is 38.7 Å². The van der Waals surface area contributed by atoms with Crippen molar-refractivity contribution in [1.29, 1.82) is 0 Å². The molecule has 1 aliphatic heterocycles. The third-order valence-electron chi connectivity index (χ3n) is 9.32. The van der Waals surface area contributed by atoms with Crippen LogP contribution in [0.5, 0.6) is 0 Å². The van der Waals surface area contributed by atoms with Crippen molar-refractivity contribution in [2.24, 2.45) is 11.3 Å². The molecule has 15 heteroatoms. The zero-order valence-corrected chi connectivity index (χ0v) is 33.9. The average Bonchev–Trinajstić information content (AvgIpc) is 3.38. The predicted octanol–water partition coefficient (Wildman–Crippen LogP) is 2.67. The standard InChI is InChI=1S/C38H55BrN6O8/c1-22(2)27(20-23(3)33(49)42-26(36(52)53)14-15-28(46)41-18-19-45-29(47)16-17-30(45)48)44(10)35(51)32(37(4,5)6)43-34(50)31(40-9)38(7,8)24-12-11-13-25(39)21-24/h11-13,16-17,20-22,26-27,31-32,40H,14-15,18-19H2,1-10H3,(H,41,46)(H,42,49)(H,43,50)(H,52,53)/b23-20+/t26-,27-,31-,32?/m1/s1. The molecule has 0 fully saturated rings. The molecule has 0 saturated carbocycles. The summed E-state index contributed by atoms with van der Waals surface area (Å²) < 4.78 is 0.878. The maximum absolute atomic E-state index is 14.2. The van der Waals surface area contributed by atoms with E-state index in [1.54, 1.807) is 20.2 Å². The lowest BCUT2D eigenvalue weighted by Crippen LogP contribution is -2.61. The summed E-state index contributed by atoms with van der Waals surface area (Å²) in [5, 5.41) is 20.9. The van der Waals surface area contributed by atoms with Crippen molar-refractivity contribution in [3.05, 3.63) is 58.1 Å². The molecule has 0 radical (unpaired) electrons. The lowest BCUT2D eigenvalue weighted by atomic mass is 9.76. The van der Waals surface area contributed by atoms with Crippen molar-refractivity contribution < 1.29 is 38.7 Å². The highest BCUT2D eigenvalue weighted by Gasteiger charge is 2.42. The Morgan fingerprint density at radius 2 is 1.58 bits per heavy atom. The van der Waals surface area contributed by atoms with E-state index in [0.29, 0.717) is 0 Å². The highest BCUT2D eigenvalue weighted by Crippen LogP contribution is 2.30. The Labute approximate surface area is 320 Å². The summed E-state index contributed by atoms with van der Waals surface area (Å²) in [4.78, 5) is 91.4. The van der Waals surface area contributed by atoms with Crippen LogP contribution in [0.25, 0.3) is 0 Å². The molecule has 292 valence electrons. The Kier molecular flexibility index (Phi) is 16.1. The predicted molar refractivity (Wildman–Crippen MR) is 204 cm³/mol. The minimum absolute atomic E-state index is 0.00752. The highest BCUT2D eigenvalue weighted by atomic mass is 79.9. The van der Waals surface area contributed by atoms with E-state index in [1.165, 1.54) is 11.8 Å². The molecule has 14 nitrogen and oxygen atoms in total. The van der Waals surface area contributed by atoms with Crippen LogP contribution in [0.4, 0.5) is 0 Å². The Bertz CT molecular complexity index is 1600. The van der Waals surface area contributed by atoms with Gasteiger partial charge in [-0.05, 0) is 49.4 Å². The highest BCUT2D eigenvalue weighted by molar-refractivity contribution is 9.10. The van der Waals surface area contributed by atoms with Gasteiger partial charge in [-0.2, -0.15) is 0 Å². The summed E-state index contributed by atoms with van der Waals surface area (Å²) in [5.74, 6) is -4.39. The summed E-state index contributed by atoms with van der Waals surface area (Å²) in [6, 6.07) is 4.09. The Morgan fingerprint density at radius 1 is 0.981 bits per heavy atom. The van der Waals surface area contributed by atoms with Crippen LogP contribution >= 0.6 is 15.9 Å². The second-order valence-electron chi connectivity index (χ2n) is 15.2. The van der Waals surface area contributed by atoms with Crippen LogP contribution < -0.4 is 21.3 Å². The molecular formula is C38H55BrN6O8. The zero-order chi connectivity index (χ0) is 40.4. The first-order chi connectivity index (χ1) is 24.5. The number of benzene rings is 1. The maximum Gasteiger partial charge on any atom is 0.326 e. The smallest absolute Gasteiger partial charge is 0.326 e. The van der Waals surface area contributed by atoms with Gasteiger partial charge in [-0.3, -0.25) is 33.7 Å². The number of carboxylic acids is 1. The molecule has 4 atom stereocenters. The number of hydrogen-bond donors (Lipinski definition) is 5. The third kappa shape index (κ3) is 12.3. The molecule has 5 N–H and O–H groups in total. The third-order valence-corrected chi connectivity index (χ3v) is 9.81. The average molecular weight is 804 g/mol. The van der Waals surface area contributed by atoms with E-state index in [0.717, 1.165) is 27.1 Å². The first-order valence-electron chi connectivity index (χ1n) is 17.6. The number of hydrogen-bond acceptors (Lipinski definition) is 8. The molecule has 0 aliphatic carbocycles. The SMILES string of the molecule is CN[C@H](C(=O)NC(C(=O)N(C)[C@H](/C=C(\C)C(=O)N[C@H](CCC(=O)NCCN1C(=O)C=CC1=O)C(=O)O)C(C)C)C(C)(C)C)C(C)(C)c1cccc(Br)c1. The number of amides is 6. The number of rotatable bonds is 18. The Morgan fingerprint density at radius 3 is 2.09 bits per heavy atom. The van der Waals surface area contributed by atoms with Gasteiger partial charge in [-0.25, -0.2) is 4.79 Å². The van der Waals surface area contributed by atoms with Crippen LogP contribution in [-0.2, 0) is 39.0 Å². The largest absolute Gasteiger partial charge is 0.480 e. The number of carbonyl (C=O) groups excluding carboxylic acids is 6. The molecule has 0 saturated heterocycles. The molecule has 1 unspecified atom stereocenters. The molecule has 1 aromatic carbocycles. The van der Waals surface area contributed by atoms with Gasteiger partial charge in [-0.15, -0.1) is 0 Å². The monoisotopic (exact) mass is 802 g/mol. The summed E-state index contributed by atoms with van der Waals surface area (Å²) in [6.45, 7) is 14.7. The van der Waals surface area contributed by atoms with Gasteiger partial charge < -0.3 is 31.3 Å². The fraction of sp³-hybridized carbons (Fsp3) is 0.553. The van der Waals surface area contributed by atoms with Crippen molar-refractivity contribution in [2.45, 2.75) is 97.8 Å². The maximum atomic E-state index is 14.2. The molecule has 1 heterocycles. The molecule has 1 aliphatic rings. The number of likely N-dealkylation sites (N-methyl/N-ethyl adjacent to an activating group) is 2. The van der Waals surface area contributed by atoms with E-state index < -0.39 is 64.6 Å². The van der Waals surface area contributed by atoms with E-state index in [4.69, 9.17) is 0 Å². The molecular weight excluding hydrogens is 748 g/mol. The van der Waals surface area contributed by atoms with Crippen LogP contribution in [0.2, 0.25) is 0 Å². The number of halogens is 1. The molecule has 0 spiro atoms. The second kappa shape index (κ2) is 19.1. The number of nitrogens with zero attached hydrogens (tertiary/aromatic N) is 2. The van der Waals surface area contributed by atoms with Crippen LogP contribution in [0.1, 0.15) is 73.8 Å².